The number of carbonyl (C=O) groups is 1. The van der Waals surface area contributed by atoms with Gasteiger partial charge in [-0.3, -0.25) is 10.1 Å². The van der Waals surface area contributed by atoms with Crippen LogP contribution in [0.3, 0.4) is 0 Å². The zero-order valence-corrected chi connectivity index (χ0v) is 25.8. The van der Waals surface area contributed by atoms with Gasteiger partial charge in [0.05, 0.1) is 23.8 Å². The summed E-state index contributed by atoms with van der Waals surface area (Å²) < 4.78 is 27.9. The number of nitrogens with one attached hydrogen (secondary N) is 4. The van der Waals surface area contributed by atoms with Crippen molar-refractivity contribution in [1.29, 1.82) is 0 Å². The molecule has 5 rings (SSSR count). The fourth-order valence-corrected chi connectivity index (χ4v) is 6.55. The summed E-state index contributed by atoms with van der Waals surface area (Å²) in [5.41, 5.74) is 8.47. The predicted molar refractivity (Wildman–Crippen MR) is 168 cm³/mol. The molecule has 3 aromatic carbocycles. The second kappa shape index (κ2) is 14.4. The van der Waals surface area contributed by atoms with E-state index < -0.39 is 17.5 Å². The van der Waals surface area contributed by atoms with Gasteiger partial charge in [0, 0.05) is 21.0 Å². The van der Waals surface area contributed by atoms with Crippen LogP contribution in [0.1, 0.15) is 78.9 Å². The number of aliphatic imine (C=N–C) groups is 1. The lowest BCUT2D eigenvalue weighted by molar-refractivity contribution is 0.0973. The van der Waals surface area contributed by atoms with Gasteiger partial charge in [0.1, 0.15) is 11.6 Å². The van der Waals surface area contributed by atoms with Crippen LogP contribution in [0.5, 0.6) is 0 Å². The van der Waals surface area contributed by atoms with Crippen molar-refractivity contribution in [1.82, 2.24) is 21.5 Å². The van der Waals surface area contributed by atoms with Gasteiger partial charge in [0.15, 0.2) is 5.96 Å². The van der Waals surface area contributed by atoms with Crippen LogP contribution in [0.15, 0.2) is 65.7 Å². The minimum atomic E-state index is -0.698. The van der Waals surface area contributed by atoms with E-state index in [1.807, 2.05) is 24.3 Å². The van der Waals surface area contributed by atoms with Crippen molar-refractivity contribution in [2.45, 2.75) is 70.1 Å². The third-order valence-corrected chi connectivity index (χ3v) is 9.29. The Morgan fingerprint density at radius 3 is 2.23 bits per heavy atom. The smallest absolute Gasteiger partial charge is 0.258 e. The van der Waals surface area contributed by atoms with E-state index in [0.717, 1.165) is 50.2 Å². The SMILES string of the molecule is O=C(NC(=NCc1ccc(F)cc1Cl)NC1NNC(c2ccc(Cl)cc2)C12CCCCCCCC2)c1ccc(Cl)c(F)c1. The van der Waals surface area contributed by atoms with E-state index in [1.165, 1.54) is 37.1 Å². The minimum Gasteiger partial charge on any atom is -0.339 e. The van der Waals surface area contributed by atoms with Gasteiger partial charge in [-0.25, -0.2) is 24.6 Å². The highest BCUT2D eigenvalue weighted by Crippen LogP contribution is 2.48. The molecular formula is C32H34Cl3F2N5O. The van der Waals surface area contributed by atoms with Gasteiger partial charge >= 0.3 is 0 Å². The van der Waals surface area contributed by atoms with E-state index in [1.54, 1.807) is 6.07 Å². The molecule has 228 valence electrons. The van der Waals surface area contributed by atoms with E-state index in [9.17, 15) is 13.6 Å². The van der Waals surface area contributed by atoms with E-state index in [2.05, 4.69) is 26.5 Å². The Morgan fingerprint density at radius 2 is 1.56 bits per heavy atom. The largest absolute Gasteiger partial charge is 0.339 e. The van der Waals surface area contributed by atoms with Crippen molar-refractivity contribution in [2.24, 2.45) is 10.4 Å². The van der Waals surface area contributed by atoms with Gasteiger partial charge in [0.25, 0.3) is 5.91 Å². The second-order valence-electron chi connectivity index (χ2n) is 11.2. The third-order valence-electron chi connectivity index (χ3n) is 8.38. The molecular weight excluding hydrogens is 615 g/mol. The first-order valence-corrected chi connectivity index (χ1v) is 15.7. The van der Waals surface area contributed by atoms with E-state index in [-0.39, 0.29) is 45.7 Å². The zero-order chi connectivity index (χ0) is 30.4. The maximum absolute atomic E-state index is 14.2. The summed E-state index contributed by atoms with van der Waals surface area (Å²) in [4.78, 5) is 17.9. The van der Waals surface area contributed by atoms with Crippen LogP contribution >= 0.6 is 34.8 Å². The summed E-state index contributed by atoms with van der Waals surface area (Å²) in [5, 5.41) is 7.10. The van der Waals surface area contributed by atoms with Crippen molar-refractivity contribution < 1.29 is 13.6 Å². The molecule has 6 nitrogen and oxygen atoms in total. The molecule has 1 saturated carbocycles. The van der Waals surface area contributed by atoms with E-state index in [4.69, 9.17) is 34.8 Å². The molecule has 2 atom stereocenters. The number of hydrogen-bond donors (Lipinski definition) is 4. The highest BCUT2D eigenvalue weighted by atomic mass is 35.5. The van der Waals surface area contributed by atoms with Crippen LogP contribution in [0, 0.1) is 17.0 Å². The normalized spacial score (nSPS) is 20.7. The van der Waals surface area contributed by atoms with Gasteiger partial charge in [0.2, 0.25) is 0 Å². The first-order valence-electron chi connectivity index (χ1n) is 14.5. The van der Waals surface area contributed by atoms with Crippen LogP contribution in [0.4, 0.5) is 8.78 Å². The van der Waals surface area contributed by atoms with Gasteiger partial charge in [-0.15, -0.1) is 0 Å². The summed E-state index contributed by atoms with van der Waals surface area (Å²) in [6, 6.07) is 15.8. The van der Waals surface area contributed by atoms with Crippen molar-refractivity contribution in [3.05, 3.63) is 104 Å². The molecule has 4 N–H and O–H groups in total. The highest BCUT2D eigenvalue weighted by molar-refractivity contribution is 6.31. The Hall–Kier alpha value is -2.75. The Labute approximate surface area is 265 Å². The number of benzene rings is 3. The zero-order valence-electron chi connectivity index (χ0n) is 23.5. The summed E-state index contributed by atoms with van der Waals surface area (Å²) in [6.45, 7) is 0.0739. The monoisotopic (exact) mass is 647 g/mol. The topological polar surface area (TPSA) is 77.5 Å². The average Bonchev–Trinajstić information content (AvgIpc) is 3.38. The lowest BCUT2D eigenvalue weighted by Gasteiger charge is -2.40. The van der Waals surface area contributed by atoms with Crippen molar-refractivity contribution >= 4 is 46.7 Å². The lowest BCUT2D eigenvalue weighted by atomic mass is 9.69. The number of hydrazine groups is 1. The van der Waals surface area contributed by atoms with Gasteiger partial charge in [-0.2, -0.15) is 0 Å². The Balaban J connectivity index is 1.48. The molecule has 2 aliphatic rings. The van der Waals surface area contributed by atoms with E-state index in [0.29, 0.717) is 10.6 Å². The molecule has 43 heavy (non-hydrogen) atoms. The summed E-state index contributed by atoms with van der Waals surface area (Å²) in [6.07, 6.45) is 8.36. The van der Waals surface area contributed by atoms with E-state index >= 15 is 0 Å². The number of guanidine groups is 1. The Bertz CT molecular complexity index is 1460. The second-order valence-corrected chi connectivity index (χ2v) is 12.4. The predicted octanol–water partition coefficient (Wildman–Crippen LogP) is 8.10. The molecule has 0 radical (unpaired) electrons. The molecule has 1 spiro atoms. The van der Waals surface area contributed by atoms with Crippen LogP contribution in [0.25, 0.3) is 0 Å². The third kappa shape index (κ3) is 7.67. The first-order chi connectivity index (χ1) is 20.7. The maximum Gasteiger partial charge on any atom is 0.258 e. The summed E-state index contributed by atoms with van der Waals surface area (Å²) in [5.74, 6) is -1.53. The molecule has 1 heterocycles. The highest BCUT2D eigenvalue weighted by Gasteiger charge is 2.50. The molecule has 1 aliphatic heterocycles. The molecule has 1 aliphatic carbocycles. The molecule has 0 bridgehead atoms. The molecule has 11 heteroatoms. The number of carbonyl (C=O) groups excluding carboxylic acids is 1. The van der Waals surface area contributed by atoms with Crippen LogP contribution in [-0.2, 0) is 6.54 Å². The number of hydrogen-bond acceptors (Lipinski definition) is 4. The van der Waals surface area contributed by atoms with Gasteiger partial charge < -0.3 is 5.32 Å². The minimum absolute atomic E-state index is 0.0331. The number of rotatable bonds is 5. The maximum atomic E-state index is 14.2. The molecule has 2 unspecified atom stereocenters. The quantitative estimate of drug-likeness (QED) is 0.167. The fourth-order valence-electron chi connectivity index (χ4n) is 6.08. The Morgan fingerprint density at radius 1 is 0.860 bits per heavy atom. The molecule has 0 aromatic heterocycles. The summed E-state index contributed by atoms with van der Waals surface area (Å²) in [7, 11) is 0. The summed E-state index contributed by atoms with van der Waals surface area (Å²) >= 11 is 18.3. The van der Waals surface area contributed by atoms with Crippen LogP contribution < -0.4 is 21.5 Å². The lowest BCUT2D eigenvalue weighted by Crippen LogP contribution is -2.56. The standard InChI is InChI=1S/C32H34Cl3F2N5O/c33-23-11-7-20(8-12-23)28-32(15-5-3-1-2-4-6-16-32)30(42-41-28)40-31(38-19-22-9-13-24(36)18-26(22)35)39-29(43)21-10-14-25(34)27(37)17-21/h7-14,17-18,28,30,41-42H,1-6,15-16,19H2,(H2,38,39,40,43). The fraction of sp³-hybridized carbons (Fsp3) is 0.375. The first kappa shape index (κ1) is 31.7. The molecule has 1 amide bonds. The number of halogens is 5. The van der Waals surface area contributed by atoms with Crippen molar-refractivity contribution in [2.75, 3.05) is 0 Å². The Kier molecular flexibility index (Phi) is 10.6. The van der Waals surface area contributed by atoms with Crippen molar-refractivity contribution in [3.63, 3.8) is 0 Å². The van der Waals surface area contributed by atoms with Crippen molar-refractivity contribution in [3.8, 4) is 0 Å². The van der Waals surface area contributed by atoms with Crippen LogP contribution in [0.2, 0.25) is 15.1 Å². The molecule has 3 aromatic rings. The van der Waals surface area contributed by atoms with Gasteiger partial charge in [-0.05, 0) is 66.4 Å². The molecule has 2 fully saturated rings. The molecule has 1 saturated heterocycles. The number of nitrogens with zero attached hydrogens (tertiary/aromatic N) is 1. The van der Waals surface area contributed by atoms with Gasteiger partial charge in [-0.1, -0.05) is 91.5 Å². The average molecular weight is 649 g/mol. The van der Waals surface area contributed by atoms with Crippen LogP contribution in [-0.4, -0.2) is 18.0 Å². The number of amides is 1.